The Kier molecular flexibility index (Phi) is 3.50. The van der Waals surface area contributed by atoms with E-state index < -0.39 is 37.0 Å². The molecular weight excluding hydrogens is 262 g/mol. The zero-order chi connectivity index (χ0) is 13.6. The maximum atomic E-state index is 12.3. The van der Waals surface area contributed by atoms with E-state index in [-0.39, 0.29) is 0 Å². The van der Waals surface area contributed by atoms with E-state index in [1.54, 1.807) is 0 Å². The number of rotatable bonds is 3. The van der Waals surface area contributed by atoms with Gasteiger partial charge in [0.05, 0.1) is 0 Å². The molecule has 0 aromatic heterocycles. The van der Waals surface area contributed by atoms with Gasteiger partial charge in [0.15, 0.2) is 0 Å². The molecule has 0 nitrogen and oxygen atoms in total. The molecule has 0 amide bonds. The first kappa shape index (κ1) is 15.3. The SMILES string of the molecule is CC(F)(F)C(F)(F)C(F)(F)C(F)C(F)(F)F. The molecule has 0 aliphatic carbocycles. The van der Waals surface area contributed by atoms with Crippen molar-refractivity contribution in [3.8, 4) is 0 Å². The van der Waals surface area contributed by atoms with E-state index >= 15 is 0 Å². The van der Waals surface area contributed by atoms with Gasteiger partial charge < -0.3 is 0 Å². The van der Waals surface area contributed by atoms with Gasteiger partial charge in [0.25, 0.3) is 6.17 Å². The Hall–Kier alpha value is -0.700. The Bertz CT molecular complexity index is 245. The molecule has 0 radical (unpaired) electrons. The van der Waals surface area contributed by atoms with Crippen LogP contribution in [0, 0.1) is 0 Å². The Labute approximate surface area is 82.2 Å². The summed E-state index contributed by atoms with van der Waals surface area (Å²) < 4.78 is 119. The predicted molar refractivity (Wildman–Crippen MR) is 31.5 cm³/mol. The molecule has 1 atom stereocenters. The van der Waals surface area contributed by atoms with Crippen LogP contribution >= 0.6 is 0 Å². The Balaban J connectivity index is 5.37. The van der Waals surface area contributed by atoms with Crippen molar-refractivity contribution in [1.82, 2.24) is 0 Å². The Morgan fingerprint density at radius 1 is 0.750 bits per heavy atom. The summed E-state index contributed by atoms with van der Waals surface area (Å²) in [5.74, 6) is -18.5. The minimum atomic E-state index is -6.55. The molecule has 16 heavy (non-hydrogen) atoms. The van der Waals surface area contributed by atoms with Crippen LogP contribution in [-0.2, 0) is 0 Å². The van der Waals surface area contributed by atoms with Gasteiger partial charge >= 0.3 is 23.9 Å². The van der Waals surface area contributed by atoms with Gasteiger partial charge in [-0.3, -0.25) is 0 Å². The highest BCUT2D eigenvalue weighted by atomic mass is 19.4. The molecule has 98 valence electrons. The lowest BCUT2D eigenvalue weighted by molar-refractivity contribution is -0.352. The highest BCUT2D eigenvalue weighted by Crippen LogP contribution is 2.50. The number of halogens is 10. The molecule has 0 rings (SSSR count). The van der Waals surface area contributed by atoms with E-state index in [4.69, 9.17) is 0 Å². The Morgan fingerprint density at radius 2 is 1.06 bits per heavy atom. The van der Waals surface area contributed by atoms with Crippen LogP contribution in [0.2, 0.25) is 0 Å². The molecule has 10 heteroatoms. The predicted octanol–water partition coefficient (Wildman–Crippen LogP) is 3.81. The maximum absolute atomic E-state index is 12.3. The maximum Gasteiger partial charge on any atom is 0.425 e. The number of hydrogen-bond donors (Lipinski definition) is 0. The van der Waals surface area contributed by atoms with Crippen LogP contribution < -0.4 is 0 Å². The fraction of sp³-hybridized carbons (Fsp3) is 1.00. The van der Waals surface area contributed by atoms with Crippen molar-refractivity contribution >= 4 is 0 Å². The van der Waals surface area contributed by atoms with Crippen molar-refractivity contribution in [1.29, 1.82) is 0 Å². The molecular formula is C6H4F10. The standard InChI is InChI=1S/C6H4F10/c1-3(8,9)6(15,16)4(10,11)2(7)5(12,13)14/h2H,1H3. The van der Waals surface area contributed by atoms with Gasteiger partial charge in [-0.1, -0.05) is 0 Å². The minimum absolute atomic E-state index is 0.732. The van der Waals surface area contributed by atoms with Crippen molar-refractivity contribution in [2.24, 2.45) is 0 Å². The first-order valence-electron chi connectivity index (χ1n) is 3.50. The second kappa shape index (κ2) is 3.66. The second-order valence-electron chi connectivity index (χ2n) is 2.99. The van der Waals surface area contributed by atoms with Gasteiger partial charge in [-0.2, -0.15) is 39.5 Å². The normalized spacial score (nSPS) is 17.4. The summed E-state index contributed by atoms with van der Waals surface area (Å²) in [5.41, 5.74) is 0. The number of hydrogen-bond acceptors (Lipinski definition) is 0. The van der Waals surface area contributed by atoms with E-state index in [9.17, 15) is 43.9 Å². The van der Waals surface area contributed by atoms with Crippen molar-refractivity contribution in [3.05, 3.63) is 0 Å². The van der Waals surface area contributed by atoms with Gasteiger partial charge in [0.1, 0.15) is 0 Å². The summed E-state index contributed by atoms with van der Waals surface area (Å²) in [4.78, 5) is 0. The topological polar surface area (TPSA) is 0 Å². The molecule has 0 aliphatic heterocycles. The molecule has 1 unspecified atom stereocenters. The molecule has 0 saturated heterocycles. The second-order valence-corrected chi connectivity index (χ2v) is 2.99. The minimum Gasteiger partial charge on any atom is -0.230 e. The highest BCUT2D eigenvalue weighted by Gasteiger charge is 2.77. The third-order valence-corrected chi connectivity index (χ3v) is 1.58. The van der Waals surface area contributed by atoms with Crippen LogP contribution in [-0.4, -0.2) is 30.1 Å². The average Bonchev–Trinajstić information content (AvgIpc) is 1.98. The summed E-state index contributed by atoms with van der Waals surface area (Å²) in [6, 6.07) is 0. The lowest BCUT2D eigenvalue weighted by atomic mass is 10.0. The molecule has 0 aromatic carbocycles. The van der Waals surface area contributed by atoms with Gasteiger partial charge in [0.2, 0.25) is 0 Å². The molecule has 0 saturated carbocycles. The van der Waals surface area contributed by atoms with Crippen LogP contribution in [0.15, 0.2) is 0 Å². The van der Waals surface area contributed by atoms with Crippen LogP contribution in [0.5, 0.6) is 0 Å². The fourth-order valence-electron chi connectivity index (χ4n) is 0.657. The van der Waals surface area contributed by atoms with Crippen molar-refractivity contribution in [2.75, 3.05) is 0 Å². The zero-order valence-corrected chi connectivity index (χ0v) is 7.36. The van der Waals surface area contributed by atoms with Crippen molar-refractivity contribution < 1.29 is 43.9 Å². The lowest BCUT2D eigenvalue weighted by Gasteiger charge is -2.33. The average molecular weight is 266 g/mol. The van der Waals surface area contributed by atoms with E-state index in [1.807, 2.05) is 0 Å². The van der Waals surface area contributed by atoms with Gasteiger partial charge in [0, 0.05) is 6.92 Å². The third kappa shape index (κ3) is 2.34. The highest BCUT2D eigenvalue weighted by molar-refractivity contribution is 5.00. The molecule has 0 fully saturated rings. The summed E-state index contributed by atoms with van der Waals surface area (Å²) >= 11 is 0. The van der Waals surface area contributed by atoms with Gasteiger partial charge in [-0.25, -0.2) is 4.39 Å². The summed E-state index contributed by atoms with van der Waals surface area (Å²) in [6.45, 7) is -0.732. The molecule has 0 aromatic rings. The fourth-order valence-corrected chi connectivity index (χ4v) is 0.657. The lowest BCUT2D eigenvalue weighted by Crippen LogP contribution is -2.60. The van der Waals surface area contributed by atoms with E-state index in [1.165, 1.54) is 0 Å². The Morgan fingerprint density at radius 3 is 1.25 bits per heavy atom. The summed E-state index contributed by atoms with van der Waals surface area (Å²) in [7, 11) is 0. The molecule has 0 bridgehead atoms. The monoisotopic (exact) mass is 266 g/mol. The van der Waals surface area contributed by atoms with Gasteiger partial charge in [-0.15, -0.1) is 0 Å². The summed E-state index contributed by atoms with van der Waals surface area (Å²) in [6.07, 6.45) is -11.7. The first-order valence-corrected chi connectivity index (χ1v) is 3.50. The van der Waals surface area contributed by atoms with Gasteiger partial charge in [-0.05, 0) is 0 Å². The smallest absolute Gasteiger partial charge is 0.230 e. The van der Waals surface area contributed by atoms with Crippen LogP contribution in [0.1, 0.15) is 6.92 Å². The third-order valence-electron chi connectivity index (χ3n) is 1.58. The van der Waals surface area contributed by atoms with E-state index in [2.05, 4.69) is 0 Å². The van der Waals surface area contributed by atoms with E-state index in [0.717, 1.165) is 0 Å². The first-order chi connectivity index (χ1) is 6.65. The van der Waals surface area contributed by atoms with Crippen LogP contribution in [0.25, 0.3) is 0 Å². The van der Waals surface area contributed by atoms with E-state index in [0.29, 0.717) is 0 Å². The van der Waals surface area contributed by atoms with Crippen LogP contribution in [0.3, 0.4) is 0 Å². The molecule has 0 heterocycles. The quantitative estimate of drug-likeness (QED) is 0.681. The molecule has 0 aliphatic rings. The number of alkyl halides is 10. The molecule has 0 spiro atoms. The van der Waals surface area contributed by atoms with Crippen molar-refractivity contribution in [2.45, 2.75) is 37.0 Å². The summed E-state index contributed by atoms with van der Waals surface area (Å²) in [5, 5.41) is 0. The largest absolute Gasteiger partial charge is 0.425 e. The van der Waals surface area contributed by atoms with Crippen LogP contribution in [0.4, 0.5) is 43.9 Å². The van der Waals surface area contributed by atoms with Crippen molar-refractivity contribution in [3.63, 3.8) is 0 Å². The zero-order valence-electron chi connectivity index (χ0n) is 7.36. The molecule has 0 N–H and O–H groups in total.